The normalized spacial score (nSPS) is 11.4. The largest absolute Gasteiger partial charge is 0.469 e. The zero-order valence-electron chi connectivity index (χ0n) is 13.3. The Bertz CT molecular complexity index is 311. The summed E-state index contributed by atoms with van der Waals surface area (Å²) >= 11 is 0. The fourth-order valence-corrected chi connectivity index (χ4v) is 2.50. The zero-order chi connectivity index (χ0) is 14.3. The summed E-state index contributed by atoms with van der Waals surface area (Å²) < 4.78 is 5.29. The molecule has 0 aliphatic carbocycles. The Labute approximate surface area is 125 Å². The van der Waals surface area contributed by atoms with E-state index >= 15 is 0 Å². The third-order valence-corrected chi connectivity index (χ3v) is 3.79. The quantitative estimate of drug-likeness (QED) is 0.289. The zero-order valence-corrected chi connectivity index (χ0v) is 13.3. The number of allylic oxidation sites excluding steroid dienone is 2. The van der Waals surface area contributed by atoms with E-state index in [2.05, 4.69) is 19.1 Å². The summed E-state index contributed by atoms with van der Waals surface area (Å²) in [5.74, 6) is 1.06. The lowest BCUT2D eigenvalue weighted by molar-refractivity contribution is 0.522. The minimum Gasteiger partial charge on any atom is -0.469 e. The van der Waals surface area contributed by atoms with Crippen LogP contribution in [0.3, 0.4) is 0 Å². The average Bonchev–Trinajstić information content (AvgIpc) is 2.97. The van der Waals surface area contributed by atoms with Crippen molar-refractivity contribution in [1.29, 1.82) is 0 Å². The van der Waals surface area contributed by atoms with E-state index in [1.807, 2.05) is 12.1 Å². The highest BCUT2D eigenvalue weighted by Gasteiger charge is 1.92. The number of hydrogen-bond donors (Lipinski definition) is 0. The molecule has 0 amide bonds. The van der Waals surface area contributed by atoms with Gasteiger partial charge in [0.25, 0.3) is 0 Å². The Kier molecular flexibility index (Phi) is 11.1. The molecule has 1 aromatic rings. The Balaban J connectivity index is 1.77. The minimum absolute atomic E-state index is 0.935. The van der Waals surface area contributed by atoms with E-state index in [4.69, 9.17) is 4.42 Å². The molecule has 0 N–H and O–H groups in total. The second kappa shape index (κ2) is 13.0. The first kappa shape index (κ1) is 17.1. The first-order chi connectivity index (χ1) is 9.93. The second-order valence-corrected chi connectivity index (χ2v) is 5.73. The molecule has 0 saturated heterocycles. The summed E-state index contributed by atoms with van der Waals surface area (Å²) in [5, 5.41) is 0. The summed E-state index contributed by atoms with van der Waals surface area (Å²) in [6.07, 6.45) is 22.6. The summed E-state index contributed by atoms with van der Waals surface area (Å²) in [6.45, 7) is 2.28. The molecule has 1 rings (SSSR count). The Morgan fingerprint density at radius 2 is 1.50 bits per heavy atom. The van der Waals surface area contributed by atoms with Crippen LogP contribution in [0.4, 0.5) is 0 Å². The highest BCUT2D eigenvalue weighted by Crippen LogP contribution is 2.11. The van der Waals surface area contributed by atoms with E-state index in [0.29, 0.717) is 0 Å². The smallest absolute Gasteiger partial charge is 0.107 e. The van der Waals surface area contributed by atoms with Gasteiger partial charge in [0.2, 0.25) is 0 Å². The van der Waals surface area contributed by atoms with Gasteiger partial charge >= 0.3 is 0 Å². The van der Waals surface area contributed by atoms with Gasteiger partial charge in [-0.15, -0.1) is 0 Å². The van der Waals surface area contributed by atoms with Crippen molar-refractivity contribution in [2.75, 3.05) is 0 Å². The lowest BCUT2D eigenvalue weighted by Crippen LogP contribution is -1.81. The standard InChI is InChI=1S/C19H32O/c1-2-3-4-5-6-7-8-9-10-11-12-13-14-16-19-17-15-18-20-19/h13-15,17-18H,2-12,16H2,1H3. The minimum atomic E-state index is 0.935. The highest BCUT2D eigenvalue weighted by atomic mass is 16.3. The van der Waals surface area contributed by atoms with Crippen molar-refractivity contribution >= 4 is 0 Å². The monoisotopic (exact) mass is 276 g/mol. The molecule has 1 aromatic heterocycles. The Morgan fingerprint density at radius 3 is 2.10 bits per heavy atom. The predicted molar refractivity (Wildman–Crippen MR) is 88.0 cm³/mol. The lowest BCUT2D eigenvalue weighted by Gasteiger charge is -2.01. The van der Waals surface area contributed by atoms with Crippen molar-refractivity contribution in [3.63, 3.8) is 0 Å². The number of unbranched alkanes of at least 4 members (excludes halogenated alkanes) is 10. The van der Waals surface area contributed by atoms with Crippen LogP contribution in [-0.2, 0) is 6.42 Å². The van der Waals surface area contributed by atoms with E-state index in [0.717, 1.165) is 12.2 Å². The van der Waals surface area contributed by atoms with Crippen molar-refractivity contribution in [2.45, 2.75) is 84.0 Å². The lowest BCUT2D eigenvalue weighted by atomic mass is 10.1. The molecule has 0 spiro atoms. The van der Waals surface area contributed by atoms with Gasteiger partial charge in [0.1, 0.15) is 5.76 Å². The summed E-state index contributed by atoms with van der Waals surface area (Å²) in [4.78, 5) is 0. The van der Waals surface area contributed by atoms with Crippen molar-refractivity contribution in [3.05, 3.63) is 36.3 Å². The van der Waals surface area contributed by atoms with Gasteiger partial charge in [-0.3, -0.25) is 0 Å². The van der Waals surface area contributed by atoms with Gasteiger partial charge < -0.3 is 4.42 Å². The maximum absolute atomic E-state index is 5.29. The topological polar surface area (TPSA) is 13.1 Å². The molecule has 1 nitrogen and oxygen atoms in total. The molecule has 1 heterocycles. The maximum Gasteiger partial charge on any atom is 0.107 e. The molecular formula is C19H32O. The molecule has 0 unspecified atom stereocenters. The van der Waals surface area contributed by atoms with Gasteiger partial charge in [-0.25, -0.2) is 0 Å². The molecule has 0 aromatic carbocycles. The number of furan rings is 1. The molecule has 114 valence electrons. The molecule has 0 bridgehead atoms. The van der Waals surface area contributed by atoms with Crippen molar-refractivity contribution in [1.82, 2.24) is 0 Å². The van der Waals surface area contributed by atoms with E-state index in [1.54, 1.807) is 6.26 Å². The third kappa shape index (κ3) is 9.89. The third-order valence-electron chi connectivity index (χ3n) is 3.79. The molecule has 0 fully saturated rings. The Hall–Kier alpha value is -0.980. The van der Waals surface area contributed by atoms with Crippen molar-refractivity contribution < 1.29 is 4.42 Å². The highest BCUT2D eigenvalue weighted by molar-refractivity contribution is 5.03. The first-order valence-electron chi connectivity index (χ1n) is 8.61. The summed E-state index contributed by atoms with van der Waals surface area (Å²) in [5.41, 5.74) is 0. The van der Waals surface area contributed by atoms with Crippen LogP contribution < -0.4 is 0 Å². The maximum atomic E-state index is 5.29. The molecular weight excluding hydrogens is 244 g/mol. The fourth-order valence-electron chi connectivity index (χ4n) is 2.50. The fraction of sp³-hybridized carbons (Fsp3) is 0.684. The molecule has 0 atom stereocenters. The van der Waals surface area contributed by atoms with E-state index < -0.39 is 0 Å². The van der Waals surface area contributed by atoms with Crippen LogP contribution in [0.1, 0.15) is 83.3 Å². The molecule has 20 heavy (non-hydrogen) atoms. The second-order valence-electron chi connectivity index (χ2n) is 5.73. The van der Waals surface area contributed by atoms with Crippen molar-refractivity contribution in [3.8, 4) is 0 Å². The van der Waals surface area contributed by atoms with Gasteiger partial charge in [-0.1, -0.05) is 76.9 Å². The van der Waals surface area contributed by atoms with Gasteiger partial charge in [0.15, 0.2) is 0 Å². The number of rotatable bonds is 13. The molecule has 0 aliphatic heterocycles. The van der Waals surface area contributed by atoms with Crippen LogP contribution in [0, 0.1) is 0 Å². The van der Waals surface area contributed by atoms with E-state index in [-0.39, 0.29) is 0 Å². The van der Waals surface area contributed by atoms with Gasteiger partial charge in [-0.05, 0) is 25.0 Å². The predicted octanol–water partition coefficient (Wildman–Crippen LogP) is 6.69. The van der Waals surface area contributed by atoms with Crippen LogP contribution in [0.2, 0.25) is 0 Å². The van der Waals surface area contributed by atoms with Gasteiger partial charge in [0, 0.05) is 6.42 Å². The number of hydrogen-bond acceptors (Lipinski definition) is 1. The van der Waals surface area contributed by atoms with E-state index in [9.17, 15) is 0 Å². The van der Waals surface area contributed by atoms with E-state index in [1.165, 1.54) is 70.6 Å². The Morgan fingerprint density at radius 1 is 0.850 bits per heavy atom. The van der Waals surface area contributed by atoms with Crippen LogP contribution in [0.15, 0.2) is 35.0 Å². The van der Waals surface area contributed by atoms with Crippen LogP contribution in [-0.4, -0.2) is 0 Å². The molecule has 1 heteroatoms. The average molecular weight is 276 g/mol. The SMILES string of the molecule is CCCCCCCCCCCCC=CCc1ccco1. The first-order valence-corrected chi connectivity index (χ1v) is 8.61. The van der Waals surface area contributed by atoms with Crippen LogP contribution >= 0.6 is 0 Å². The van der Waals surface area contributed by atoms with Crippen LogP contribution in [0.25, 0.3) is 0 Å². The summed E-state index contributed by atoms with van der Waals surface area (Å²) in [7, 11) is 0. The molecule has 0 radical (unpaired) electrons. The molecule has 0 aliphatic rings. The van der Waals surface area contributed by atoms with Gasteiger partial charge in [0.05, 0.1) is 6.26 Å². The van der Waals surface area contributed by atoms with Gasteiger partial charge in [-0.2, -0.15) is 0 Å². The molecule has 0 saturated carbocycles. The van der Waals surface area contributed by atoms with Crippen LogP contribution in [0.5, 0.6) is 0 Å². The van der Waals surface area contributed by atoms with Crippen molar-refractivity contribution in [2.24, 2.45) is 0 Å². The summed E-state index contributed by atoms with van der Waals surface area (Å²) in [6, 6.07) is 3.98.